The lowest BCUT2D eigenvalue weighted by Gasteiger charge is -2.15. The molecule has 0 spiro atoms. The fourth-order valence-corrected chi connectivity index (χ4v) is 2.97. The van der Waals surface area contributed by atoms with E-state index in [0.717, 1.165) is 14.8 Å². The minimum atomic E-state index is 0.0630. The molecule has 2 heterocycles. The largest absolute Gasteiger partial charge is 0.309 e. The highest BCUT2D eigenvalue weighted by molar-refractivity contribution is 7.16. The van der Waals surface area contributed by atoms with Crippen LogP contribution in [0.2, 0.25) is 9.36 Å². The SMILES string of the molecule is CNC(c1ccc(Cl)s1)c1ccncc1Cl. The molecule has 0 saturated carbocycles. The predicted molar refractivity (Wildman–Crippen MR) is 69.5 cm³/mol. The van der Waals surface area contributed by atoms with E-state index in [4.69, 9.17) is 23.2 Å². The van der Waals surface area contributed by atoms with Gasteiger partial charge < -0.3 is 5.32 Å². The lowest BCUT2D eigenvalue weighted by atomic mass is 10.1. The molecule has 0 fully saturated rings. The Morgan fingerprint density at radius 3 is 2.69 bits per heavy atom. The standard InChI is InChI=1S/C11H10Cl2N2S/c1-14-11(9-2-3-10(13)16-9)7-4-5-15-6-8(7)12/h2-6,11,14H,1H3. The smallest absolute Gasteiger partial charge is 0.0931 e. The third-order valence-corrected chi connectivity index (χ3v) is 3.89. The van der Waals surface area contributed by atoms with E-state index >= 15 is 0 Å². The summed E-state index contributed by atoms with van der Waals surface area (Å²) in [5.74, 6) is 0. The monoisotopic (exact) mass is 272 g/mol. The number of hydrogen-bond donors (Lipinski definition) is 1. The van der Waals surface area contributed by atoms with E-state index in [1.54, 1.807) is 23.7 Å². The fraction of sp³-hybridized carbons (Fsp3) is 0.182. The van der Waals surface area contributed by atoms with E-state index < -0.39 is 0 Å². The summed E-state index contributed by atoms with van der Waals surface area (Å²) in [6, 6.07) is 5.87. The van der Waals surface area contributed by atoms with Crippen LogP contribution < -0.4 is 5.32 Å². The van der Waals surface area contributed by atoms with Crippen LogP contribution in [-0.2, 0) is 0 Å². The minimum absolute atomic E-state index is 0.0630. The Balaban J connectivity index is 2.40. The Kier molecular flexibility index (Phi) is 3.82. The first-order valence-electron chi connectivity index (χ1n) is 4.74. The van der Waals surface area contributed by atoms with Crippen molar-refractivity contribution in [1.82, 2.24) is 10.3 Å². The number of thiophene rings is 1. The molecule has 0 amide bonds. The number of pyridine rings is 1. The molecular formula is C11H10Cl2N2S. The summed E-state index contributed by atoms with van der Waals surface area (Å²) in [5, 5.41) is 3.89. The molecule has 0 bridgehead atoms. The highest BCUT2D eigenvalue weighted by Gasteiger charge is 2.16. The molecule has 0 aromatic carbocycles. The Bertz CT molecular complexity index is 484. The van der Waals surface area contributed by atoms with Gasteiger partial charge in [0.05, 0.1) is 15.4 Å². The summed E-state index contributed by atoms with van der Waals surface area (Å²) in [6.45, 7) is 0. The third kappa shape index (κ3) is 2.38. The third-order valence-electron chi connectivity index (χ3n) is 2.28. The molecule has 5 heteroatoms. The second-order valence-electron chi connectivity index (χ2n) is 3.26. The van der Waals surface area contributed by atoms with Gasteiger partial charge in [0.25, 0.3) is 0 Å². The Morgan fingerprint density at radius 1 is 1.31 bits per heavy atom. The summed E-state index contributed by atoms with van der Waals surface area (Å²) < 4.78 is 0.778. The van der Waals surface area contributed by atoms with Gasteiger partial charge in [-0.25, -0.2) is 0 Å². The summed E-state index contributed by atoms with van der Waals surface area (Å²) in [6.07, 6.45) is 3.39. The Morgan fingerprint density at radius 2 is 2.12 bits per heavy atom. The van der Waals surface area contributed by atoms with E-state index in [9.17, 15) is 0 Å². The molecule has 2 aromatic heterocycles. The number of aromatic nitrogens is 1. The van der Waals surface area contributed by atoms with E-state index in [-0.39, 0.29) is 6.04 Å². The second kappa shape index (κ2) is 5.15. The zero-order valence-corrected chi connectivity index (χ0v) is 10.9. The number of nitrogens with one attached hydrogen (secondary N) is 1. The van der Waals surface area contributed by atoms with Crippen LogP contribution in [0.5, 0.6) is 0 Å². The van der Waals surface area contributed by atoms with E-state index in [0.29, 0.717) is 5.02 Å². The van der Waals surface area contributed by atoms with Crippen molar-refractivity contribution in [3.63, 3.8) is 0 Å². The summed E-state index contributed by atoms with van der Waals surface area (Å²) in [7, 11) is 1.90. The van der Waals surface area contributed by atoms with Crippen LogP contribution in [0.4, 0.5) is 0 Å². The van der Waals surface area contributed by atoms with Gasteiger partial charge in [0.1, 0.15) is 0 Å². The molecular weight excluding hydrogens is 263 g/mol. The van der Waals surface area contributed by atoms with E-state index in [1.807, 2.05) is 25.2 Å². The molecule has 0 aliphatic heterocycles. The van der Waals surface area contributed by atoms with Gasteiger partial charge in [-0.2, -0.15) is 0 Å². The molecule has 0 aliphatic carbocycles. The summed E-state index contributed by atoms with van der Waals surface area (Å²) in [4.78, 5) is 5.12. The van der Waals surface area contributed by atoms with Gasteiger partial charge in [0.15, 0.2) is 0 Å². The van der Waals surface area contributed by atoms with Crippen molar-refractivity contribution in [2.45, 2.75) is 6.04 Å². The maximum Gasteiger partial charge on any atom is 0.0931 e. The first-order valence-corrected chi connectivity index (χ1v) is 6.31. The molecule has 1 unspecified atom stereocenters. The van der Waals surface area contributed by atoms with Gasteiger partial charge in [-0.05, 0) is 30.8 Å². The van der Waals surface area contributed by atoms with Crippen LogP contribution in [0, 0.1) is 0 Å². The average molecular weight is 273 g/mol. The van der Waals surface area contributed by atoms with Gasteiger partial charge in [0, 0.05) is 17.3 Å². The molecule has 84 valence electrons. The highest BCUT2D eigenvalue weighted by Crippen LogP contribution is 2.33. The summed E-state index contributed by atoms with van der Waals surface area (Å²) >= 11 is 13.6. The molecule has 1 N–H and O–H groups in total. The lowest BCUT2D eigenvalue weighted by molar-refractivity contribution is 0.703. The normalized spacial score (nSPS) is 12.7. The van der Waals surface area contributed by atoms with Crippen molar-refractivity contribution >= 4 is 34.5 Å². The van der Waals surface area contributed by atoms with Crippen LogP contribution in [0.25, 0.3) is 0 Å². The molecule has 2 nitrogen and oxygen atoms in total. The second-order valence-corrected chi connectivity index (χ2v) is 5.41. The lowest BCUT2D eigenvalue weighted by Crippen LogP contribution is -2.16. The van der Waals surface area contributed by atoms with Crippen LogP contribution in [-0.4, -0.2) is 12.0 Å². The molecule has 16 heavy (non-hydrogen) atoms. The Labute approximate surface area is 108 Å². The Hall–Kier alpha value is -0.610. The van der Waals surface area contributed by atoms with E-state index in [1.165, 1.54) is 0 Å². The van der Waals surface area contributed by atoms with Gasteiger partial charge in [-0.3, -0.25) is 4.98 Å². The molecule has 2 aromatic rings. The number of halogens is 2. The fourth-order valence-electron chi connectivity index (χ4n) is 1.55. The number of nitrogens with zero attached hydrogens (tertiary/aromatic N) is 1. The highest BCUT2D eigenvalue weighted by atomic mass is 35.5. The molecule has 0 radical (unpaired) electrons. The van der Waals surface area contributed by atoms with Crippen molar-refractivity contribution in [2.24, 2.45) is 0 Å². The van der Waals surface area contributed by atoms with Crippen molar-refractivity contribution in [1.29, 1.82) is 0 Å². The number of rotatable bonds is 3. The molecule has 2 rings (SSSR count). The van der Waals surface area contributed by atoms with Crippen molar-refractivity contribution in [3.8, 4) is 0 Å². The van der Waals surface area contributed by atoms with Gasteiger partial charge >= 0.3 is 0 Å². The number of hydrogen-bond acceptors (Lipinski definition) is 3. The maximum absolute atomic E-state index is 6.12. The minimum Gasteiger partial charge on any atom is -0.309 e. The average Bonchev–Trinajstić information content (AvgIpc) is 2.69. The van der Waals surface area contributed by atoms with Crippen LogP contribution in [0.3, 0.4) is 0 Å². The first kappa shape index (κ1) is 11.9. The molecule has 0 aliphatic rings. The topological polar surface area (TPSA) is 24.9 Å². The van der Waals surface area contributed by atoms with E-state index in [2.05, 4.69) is 10.3 Å². The van der Waals surface area contributed by atoms with Gasteiger partial charge in [-0.1, -0.05) is 23.2 Å². The van der Waals surface area contributed by atoms with Gasteiger partial charge in [0.2, 0.25) is 0 Å². The van der Waals surface area contributed by atoms with Gasteiger partial charge in [-0.15, -0.1) is 11.3 Å². The molecule has 1 atom stereocenters. The van der Waals surface area contributed by atoms with Crippen molar-refractivity contribution in [3.05, 3.63) is 50.4 Å². The van der Waals surface area contributed by atoms with Crippen molar-refractivity contribution < 1.29 is 0 Å². The van der Waals surface area contributed by atoms with Crippen LogP contribution in [0.15, 0.2) is 30.6 Å². The quantitative estimate of drug-likeness (QED) is 0.921. The first-order chi connectivity index (χ1) is 7.72. The zero-order valence-electron chi connectivity index (χ0n) is 8.58. The summed E-state index contributed by atoms with van der Waals surface area (Å²) in [5.41, 5.74) is 1.01. The van der Waals surface area contributed by atoms with Crippen molar-refractivity contribution in [2.75, 3.05) is 7.05 Å². The predicted octanol–water partition coefficient (Wildman–Crippen LogP) is 3.76. The molecule has 0 saturated heterocycles. The zero-order chi connectivity index (χ0) is 11.5. The maximum atomic E-state index is 6.12. The van der Waals surface area contributed by atoms with Crippen LogP contribution in [0.1, 0.15) is 16.5 Å². The van der Waals surface area contributed by atoms with Crippen LogP contribution >= 0.6 is 34.5 Å².